The average molecular weight is 442 g/mol. The fourth-order valence-corrected chi connectivity index (χ4v) is 5.49. The van der Waals surface area contributed by atoms with Gasteiger partial charge in [-0.15, -0.1) is 11.3 Å². The summed E-state index contributed by atoms with van der Waals surface area (Å²) in [5, 5.41) is 0.579. The number of primary amides is 1. The Morgan fingerprint density at radius 2 is 1.97 bits per heavy atom. The summed E-state index contributed by atoms with van der Waals surface area (Å²) in [5.41, 5.74) is 8.74. The highest BCUT2D eigenvalue weighted by Crippen LogP contribution is 2.44. The van der Waals surface area contributed by atoms with Crippen LogP contribution in [0.2, 0.25) is 5.02 Å². The Labute approximate surface area is 182 Å². The molecule has 0 aliphatic carbocycles. The topological polar surface area (TPSA) is 85.5 Å². The van der Waals surface area contributed by atoms with Crippen molar-refractivity contribution in [3.05, 3.63) is 45.9 Å². The predicted octanol–water partition coefficient (Wildman–Crippen LogP) is 4.03. The Kier molecular flexibility index (Phi) is 4.87. The largest absolute Gasteiger partial charge is 0.479 e. The number of rotatable bonds is 3. The molecule has 2 amide bonds. The average Bonchev–Trinajstić information content (AvgIpc) is 3.37. The molecule has 3 aromatic rings. The molecule has 0 saturated carbocycles. The molecule has 1 unspecified atom stereocenters. The Bertz CT molecular complexity index is 1170. The lowest BCUT2D eigenvalue weighted by molar-refractivity contribution is -0.138. The second-order valence-corrected chi connectivity index (χ2v) is 9.17. The Balaban J connectivity index is 1.55. The molecule has 30 heavy (non-hydrogen) atoms. The van der Waals surface area contributed by atoms with E-state index in [-0.39, 0.29) is 5.91 Å². The van der Waals surface area contributed by atoms with Crippen LogP contribution in [0.15, 0.2) is 30.5 Å². The van der Waals surface area contributed by atoms with Gasteiger partial charge in [-0.05, 0) is 43.5 Å². The molecule has 1 atom stereocenters. The van der Waals surface area contributed by atoms with Gasteiger partial charge in [0.25, 0.3) is 11.8 Å². The normalized spacial score (nSPS) is 18.3. The van der Waals surface area contributed by atoms with Crippen molar-refractivity contribution in [1.29, 1.82) is 0 Å². The number of nitrogens with two attached hydrogens (primary N) is 1. The minimum atomic E-state index is -0.530. The summed E-state index contributed by atoms with van der Waals surface area (Å²) in [6.07, 6.45) is 4.91. The third kappa shape index (κ3) is 3.32. The highest BCUT2D eigenvalue weighted by atomic mass is 35.5. The zero-order chi connectivity index (χ0) is 20.8. The number of piperidine rings is 1. The lowest BCUT2D eigenvalue weighted by Crippen LogP contribution is -2.43. The highest BCUT2D eigenvalue weighted by molar-refractivity contribution is 7.21. The summed E-state index contributed by atoms with van der Waals surface area (Å²) in [5.74, 6) is 0.236. The summed E-state index contributed by atoms with van der Waals surface area (Å²) in [4.78, 5) is 31.4. The van der Waals surface area contributed by atoms with Gasteiger partial charge in [-0.2, -0.15) is 0 Å². The van der Waals surface area contributed by atoms with E-state index in [0.717, 1.165) is 47.3 Å². The molecular weight excluding hydrogens is 422 g/mol. The summed E-state index contributed by atoms with van der Waals surface area (Å²) in [6, 6.07) is 7.27. The van der Waals surface area contributed by atoms with Crippen molar-refractivity contribution in [2.75, 3.05) is 13.1 Å². The summed E-state index contributed by atoms with van der Waals surface area (Å²) in [7, 11) is 0. The van der Waals surface area contributed by atoms with Crippen molar-refractivity contribution >= 4 is 45.0 Å². The number of hydrogen-bond donors (Lipinski definition) is 1. The third-order valence-electron chi connectivity index (χ3n) is 5.68. The van der Waals surface area contributed by atoms with Crippen molar-refractivity contribution in [1.82, 2.24) is 9.88 Å². The molecule has 154 valence electrons. The van der Waals surface area contributed by atoms with E-state index in [2.05, 4.69) is 4.98 Å². The Hall–Kier alpha value is -2.64. The van der Waals surface area contributed by atoms with Crippen LogP contribution in [-0.4, -0.2) is 40.9 Å². The number of fused-ring (bicyclic) bond motifs is 2. The fraction of sp³-hybridized carbons (Fsp3) is 0.318. The number of carbonyl (C=O) groups is 2. The van der Waals surface area contributed by atoms with E-state index in [1.54, 1.807) is 12.3 Å². The first-order valence-corrected chi connectivity index (χ1v) is 11.2. The van der Waals surface area contributed by atoms with Gasteiger partial charge in [-0.3, -0.25) is 14.6 Å². The van der Waals surface area contributed by atoms with Gasteiger partial charge >= 0.3 is 0 Å². The van der Waals surface area contributed by atoms with Crippen LogP contribution >= 0.6 is 22.9 Å². The van der Waals surface area contributed by atoms with E-state index in [1.165, 1.54) is 17.8 Å². The second kappa shape index (κ2) is 7.56. The predicted molar refractivity (Wildman–Crippen MR) is 117 cm³/mol. The first-order valence-electron chi connectivity index (χ1n) is 9.98. The summed E-state index contributed by atoms with van der Waals surface area (Å²) >= 11 is 7.72. The number of amides is 2. The van der Waals surface area contributed by atoms with Gasteiger partial charge in [-0.1, -0.05) is 11.6 Å². The van der Waals surface area contributed by atoms with Crippen molar-refractivity contribution < 1.29 is 14.3 Å². The van der Waals surface area contributed by atoms with Crippen LogP contribution < -0.4 is 10.5 Å². The maximum atomic E-state index is 13.0. The monoisotopic (exact) mass is 441 g/mol. The molecule has 1 saturated heterocycles. The van der Waals surface area contributed by atoms with Gasteiger partial charge in [0.15, 0.2) is 6.10 Å². The summed E-state index contributed by atoms with van der Waals surface area (Å²) < 4.78 is 7.05. The molecular formula is C22H20ClN3O3S. The molecule has 1 aromatic carbocycles. The molecule has 5 rings (SSSR count). The van der Waals surface area contributed by atoms with E-state index >= 15 is 0 Å². The molecule has 6 nitrogen and oxygen atoms in total. The van der Waals surface area contributed by atoms with Gasteiger partial charge in [-0.25, -0.2) is 0 Å². The standard InChI is InChI=1S/C22H20ClN3O3S/c23-13-8-12-9-17(22(28)26-6-2-1-3-7-26)29-19(12)15(10-13)14-4-5-25-16-11-18(21(24)27)30-20(14)16/h4-5,8,10-11,17H,1-3,6-7,9H2,(H2,24,27). The molecule has 2 N–H and O–H groups in total. The lowest BCUT2D eigenvalue weighted by atomic mass is 10.0. The van der Waals surface area contributed by atoms with Crippen molar-refractivity contribution in [2.24, 2.45) is 5.73 Å². The van der Waals surface area contributed by atoms with Gasteiger partial charge in [0.05, 0.1) is 15.1 Å². The maximum Gasteiger partial charge on any atom is 0.263 e. The van der Waals surface area contributed by atoms with Crippen LogP contribution in [-0.2, 0) is 11.2 Å². The number of nitrogens with zero attached hydrogens (tertiary/aromatic N) is 2. The molecule has 0 bridgehead atoms. The van der Waals surface area contributed by atoms with E-state index in [9.17, 15) is 9.59 Å². The first kappa shape index (κ1) is 19.3. The Morgan fingerprint density at radius 3 is 2.73 bits per heavy atom. The molecule has 1 fully saturated rings. The minimum Gasteiger partial charge on any atom is -0.479 e. The van der Waals surface area contributed by atoms with Crippen molar-refractivity contribution in [3.63, 3.8) is 0 Å². The van der Waals surface area contributed by atoms with Crippen LogP contribution in [0.25, 0.3) is 21.3 Å². The number of pyridine rings is 1. The van der Waals surface area contributed by atoms with Gasteiger partial charge in [0.1, 0.15) is 5.75 Å². The highest BCUT2D eigenvalue weighted by Gasteiger charge is 2.35. The number of ether oxygens (including phenoxy) is 1. The number of thiophene rings is 1. The molecule has 2 aliphatic rings. The van der Waals surface area contributed by atoms with Gasteiger partial charge in [0, 0.05) is 47.4 Å². The van der Waals surface area contributed by atoms with E-state index in [1.807, 2.05) is 23.1 Å². The lowest BCUT2D eigenvalue weighted by Gasteiger charge is -2.28. The van der Waals surface area contributed by atoms with Crippen molar-refractivity contribution in [3.8, 4) is 16.9 Å². The second-order valence-electron chi connectivity index (χ2n) is 7.69. The zero-order valence-electron chi connectivity index (χ0n) is 16.2. The zero-order valence-corrected chi connectivity index (χ0v) is 17.8. The maximum absolute atomic E-state index is 13.0. The first-order chi connectivity index (χ1) is 14.5. The molecule has 0 radical (unpaired) electrons. The minimum absolute atomic E-state index is 0.0417. The van der Waals surface area contributed by atoms with E-state index < -0.39 is 12.0 Å². The van der Waals surface area contributed by atoms with Gasteiger partial charge < -0.3 is 15.4 Å². The van der Waals surface area contributed by atoms with Crippen LogP contribution in [0, 0.1) is 0 Å². The molecule has 8 heteroatoms. The van der Waals surface area contributed by atoms with E-state index in [4.69, 9.17) is 22.1 Å². The number of aromatic nitrogens is 1. The number of benzene rings is 1. The van der Waals surface area contributed by atoms with E-state index in [0.29, 0.717) is 27.6 Å². The molecule has 2 aliphatic heterocycles. The fourth-order valence-electron chi connectivity index (χ4n) is 4.25. The SMILES string of the molecule is NC(=O)c1cc2nccc(-c3cc(Cl)cc4c3OC(C(=O)N3CCCCC3)C4)c2s1. The molecule has 4 heterocycles. The van der Waals surface area contributed by atoms with Crippen LogP contribution in [0.5, 0.6) is 5.75 Å². The number of likely N-dealkylation sites (tertiary alicyclic amines) is 1. The number of halogens is 1. The molecule has 0 spiro atoms. The Morgan fingerprint density at radius 1 is 1.17 bits per heavy atom. The third-order valence-corrected chi connectivity index (χ3v) is 7.07. The summed E-state index contributed by atoms with van der Waals surface area (Å²) in [6.45, 7) is 1.58. The number of hydrogen-bond acceptors (Lipinski definition) is 5. The van der Waals surface area contributed by atoms with Crippen molar-refractivity contribution in [2.45, 2.75) is 31.8 Å². The number of carbonyl (C=O) groups excluding carboxylic acids is 2. The smallest absolute Gasteiger partial charge is 0.263 e. The van der Waals surface area contributed by atoms with Crippen LogP contribution in [0.1, 0.15) is 34.5 Å². The van der Waals surface area contributed by atoms with Crippen LogP contribution in [0.4, 0.5) is 0 Å². The van der Waals surface area contributed by atoms with Gasteiger partial charge in [0.2, 0.25) is 0 Å². The quantitative estimate of drug-likeness (QED) is 0.664. The van der Waals surface area contributed by atoms with Crippen LogP contribution in [0.3, 0.4) is 0 Å². The molecule has 2 aromatic heterocycles.